The monoisotopic (exact) mass is 483 g/mol. The topological polar surface area (TPSA) is 94.8 Å². The van der Waals surface area contributed by atoms with E-state index in [2.05, 4.69) is 10.2 Å². The van der Waals surface area contributed by atoms with E-state index in [0.29, 0.717) is 29.5 Å². The van der Waals surface area contributed by atoms with Crippen molar-refractivity contribution in [3.8, 4) is 28.7 Å². The third-order valence-electron chi connectivity index (χ3n) is 6.20. The predicted octanol–water partition coefficient (Wildman–Crippen LogP) is 4.86. The van der Waals surface area contributed by atoms with Crippen LogP contribution in [0.2, 0.25) is 0 Å². The van der Waals surface area contributed by atoms with Gasteiger partial charge in [0.1, 0.15) is 5.75 Å². The van der Waals surface area contributed by atoms with Crippen molar-refractivity contribution in [2.45, 2.75) is 19.8 Å². The molecule has 2 heterocycles. The molecule has 0 fully saturated rings. The molecule has 182 valence electrons. The number of benzene rings is 3. The molecule has 8 heteroatoms. The van der Waals surface area contributed by atoms with Gasteiger partial charge in [0.25, 0.3) is 5.91 Å². The van der Waals surface area contributed by atoms with Gasteiger partial charge in [0.05, 0.1) is 12.7 Å². The van der Waals surface area contributed by atoms with Gasteiger partial charge in [-0.3, -0.25) is 4.79 Å². The van der Waals surface area contributed by atoms with E-state index < -0.39 is 5.97 Å². The van der Waals surface area contributed by atoms with Gasteiger partial charge in [-0.1, -0.05) is 18.2 Å². The van der Waals surface area contributed by atoms with Crippen molar-refractivity contribution in [1.82, 2.24) is 10.2 Å². The van der Waals surface area contributed by atoms with Crippen molar-refractivity contribution in [3.05, 3.63) is 83.4 Å². The van der Waals surface area contributed by atoms with Gasteiger partial charge in [-0.05, 0) is 79.4 Å². The highest BCUT2D eigenvalue weighted by atomic mass is 16.5. The van der Waals surface area contributed by atoms with Gasteiger partial charge in [-0.15, -0.1) is 10.2 Å². The fourth-order valence-electron chi connectivity index (χ4n) is 4.26. The molecule has 8 nitrogen and oxygen atoms in total. The zero-order chi connectivity index (χ0) is 25.1. The first-order chi connectivity index (χ1) is 17.5. The molecule has 0 unspecified atom stereocenters. The molecule has 0 spiro atoms. The second-order valence-corrected chi connectivity index (χ2v) is 8.52. The number of hydrogen-bond acceptors (Lipinski definition) is 7. The van der Waals surface area contributed by atoms with Gasteiger partial charge in [0.2, 0.25) is 11.8 Å². The van der Waals surface area contributed by atoms with Crippen molar-refractivity contribution in [3.63, 3.8) is 0 Å². The van der Waals surface area contributed by atoms with Crippen LogP contribution in [-0.2, 0) is 16.0 Å². The highest BCUT2D eigenvalue weighted by Crippen LogP contribution is 2.31. The largest absolute Gasteiger partial charge is 0.497 e. The minimum absolute atomic E-state index is 0.263. The molecular formula is C28H25N3O5. The van der Waals surface area contributed by atoms with Gasteiger partial charge in [-0.2, -0.15) is 0 Å². The summed E-state index contributed by atoms with van der Waals surface area (Å²) in [5.74, 6) is 0.699. The number of fused-ring (bicyclic) bond motifs is 1. The fraction of sp³-hybridized carbons (Fsp3) is 0.214. The smallest absolute Gasteiger partial charge is 0.338 e. The van der Waals surface area contributed by atoms with Crippen LogP contribution in [-0.4, -0.2) is 42.3 Å². The van der Waals surface area contributed by atoms with Crippen molar-refractivity contribution in [1.29, 1.82) is 0 Å². The Labute approximate surface area is 208 Å². The molecule has 0 N–H and O–H groups in total. The van der Waals surface area contributed by atoms with E-state index in [0.717, 1.165) is 41.0 Å². The van der Waals surface area contributed by atoms with Crippen LogP contribution in [0.5, 0.6) is 5.75 Å². The Hall–Kier alpha value is -4.46. The Morgan fingerprint density at radius 3 is 2.56 bits per heavy atom. The van der Waals surface area contributed by atoms with E-state index in [1.807, 2.05) is 49.4 Å². The standard InChI is InChI=1S/C28H25N3O5/c1-18-6-3-4-8-23(18)27-30-29-26(36-27)19-9-11-20(12-10-19)28(33)35-17-25(32)31-15-5-7-21-16-22(34-2)13-14-24(21)31/h3-4,6,8-14,16H,5,7,15,17H2,1-2H3. The summed E-state index contributed by atoms with van der Waals surface area (Å²) < 4.78 is 16.4. The number of ether oxygens (including phenoxy) is 2. The molecular weight excluding hydrogens is 458 g/mol. The number of carbonyl (C=O) groups is 2. The Kier molecular flexibility index (Phi) is 6.49. The summed E-state index contributed by atoms with van der Waals surface area (Å²) in [6, 6.07) is 20.0. The lowest BCUT2D eigenvalue weighted by molar-refractivity contribution is -0.121. The van der Waals surface area contributed by atoms with Crippen molar-refractivity contribution < 1.29 is 23.5 Å². The van der Waals surface area contributed by atoms with E-state index >= 15 is 0 Å². The molecule has 0 saturated heterocycles. The number of carbonyl (C=O) groups excluding carboxylic acids is 2. The first-order valence-electron chi connectivity index (χ1n) is 11.7. The first kappa shape index (κ1) is 23.3. The summed E-state index contributed by atoms with van der Waals surface area (Å²) in [7, 11) is 1.62. The average Bonchev–Trinajstić information content (AvgIpc) is 3.41. The molecule has 1 aliphatic heterocycles. The number of rotatable bonds is 6. The summed E-state index contributed by atoms with van der Waals surface area (Å²) in [6.07, 6.45) is 1.71. The lowest BCUT2D eigenvalue weighted by Gasteiger charge is -2.29. The van der Waals surface area contributed by atoms with Crippen LogP contribution in [0.4, 0.5) is 5.69 Å². The maximum Gasteiger partial charge on any atom is 0.338 e. The van der Waals surface area contributed by atoms with Crippen molar-refractivity contribution >= 4 is 17.6 Å². The van der Waals surface area contributed by atoms with Gasteiger partial charge >= 0.3 is 5.97 Å². The van der Waals surface area contributed by atoms with Crippen LogP contribution < -0.4 is 9.64 Å². The zero-order valence-electron chi connectivity index (χ0n) is 20.1. The number of aryl methyl sites for hydroxylation is 2. The summed E-state index contributed by atoms with van der Waals surface area (Å²) in [5, 5.41) is 8.27. The Bertz CT molecular complexity index is 1410. The number of hydrogen-bond donors (Lipinski definition) is 0. The Morgan fingerprint density at radius 1 is 1.00 bits per heavy atom. The van der Waals surface area contributed by atoms with E-state index in [1.54, 1.807) is 36.3 Å². The summed E-state index contributed by atoms with van der Waals surface area (Å²) >= 11 is 0. The molecule has 0 saturated carbocycles. The maximum atomic E-state index is 12.8. The van der Waals surface area contributed by atoms with Gasteiger partial charge < -0.3 is 18.8 Å². The number of esters is 1. The molecule has 5 rings (SSSR count). The average molecular weight is 484 g/mol. The van der Waals surface area contributed by atoms with Crippen LogP contribution in [0.15, 0.2) is 71.1 Å². The number of anilines is 1. The molecule has 1 amide bonds. The molecule has 0 aliphatic carbocycles. The SMILES string of the molecule is COc1ccc2c(c1)CCCN2C(=O)COC(=O)c1ccc(-c2nnc(-c3ccccc3C)o2)cc1. The van der Waals surface area contributed by atoms with Crippen LogP contribution in [0, 0.1) is 6.92 Å². The van der Waals surface area contributed by atoms with Gasteiger partial charge in [0.15, 0.2) is 6.61 Å². The van der Waals surface area contributed by atoms with E-state index in [9.17, 15) is 9.59 Å². The summed E-state index contributed by atoms with van der Waals surface area (Å²) in [4.78, 5) is 27.1. The normalized spacial score (nSPS) is 12.7. The summed E-state index contributed by atoms with van der Waals surface area (Å²) in [6.45, 7) is 2.22. The summed E-state index contributed by atoms with van der Waals surface area (Å²) in [5.41, 5.74) is 4.79. The fourth-order valence-corrected chi connectivity index (χ4v) is 4.26. The van der Waals surface area contributed by atoms with E-state index in [1.165, 1.54) is 0 Å². The third kappa shape index (κ3) is 4.70. The number of aromatic nitrogens is 2. The molecule has 36 heavy (non-hydrogen) atoms. The van der Waals surface area contributed by atoms with Crippen LogP contribution in [0.3, 0.4) is 0 Å². The maximum absolute atomic E-state index is 12.8. The van der Waals surface area contributed by atoms with Gasteiger partial charge in [0, 0.05) is 23.4 Å². The minimum Gasteiger partial charge on any atom is -0.497 e. The quantitative estimate of drug-likeness (QED) is 0.362. The number of nitrogens with zero attached hydrogens (tertiary/aromatic N) is 3. The van der Waals surface area contributed by atoms with Crippen molar-refractivity contribution in [2.24, 2.45) is 0 Å². The molecule has 0 radical (unpaired) electrons. The highest BCUT2D eigenvalue weighted by molar-refractivity contribution is 5.98. The van der Waals surface area contributed by atoms with E-state index in [4.69, 9.17) is 13.9 Å². The van der Waals surface area contributed by atoms with Crippen molar-refractivity contribution in [2.75, 3.05) is 25.2 Å². The number of methoxy groups -OCH3 is 1. The van der Waals surface area contributed by atoms with Crippen LogP contribution in [0.1, 0.15) is 27.9 Å². The second-order valence-electron chi connectivity index (χ2n) is 8.52. The highest BCUT2D eigenvalue weighted by Gasteiger charge is 2.24. The third-order valence-corrected chi connectivity index (χ3v) is 6.20. The molecule has 1 aliphatic rings. The van der Waals surface area contributed by atoms with Crippen LogP contribution in [0.25, 0.3) is 22.9 Å². The lowest BCUT2D eigenvalue weighted by Crippen LogP contribution is -2.38. The Morgan fingerprint density at radius 2 is 1.78 bits per heavy atom. The zero-order valence-corrected chi connectivity index (χ0v) is 20.1. The van der Waals surface area contributed by atoms with Crippen LogP contribution >= 0.6 is 0 Å². The Balaban J connectivity index is 1.22. The predicted molar refractivity (Wildman–Crippen MR) is 134 cm³/mol. The second kappa shape index (κ2) is 10.0. The first-order valence-corrected chi connectivity index (χ1v) is 11.7. The molecule has 0 bridgehead atoms. The lowest BCUT2D eigenvalue weighted by atomic mass is 10.0. The molecule has 4 aromatic rings. The van der Waals surface area contributed by atoms with Gasteiger partial charge in [-0.25, -0.2) is 4.79 Å². The molecule has 1 aromatic heterocycles. The number of amides is 1. The molecule has 3 aromatic carbocycles. The van der Waals surface area contributed by atoms with E-state index in [-0.39, 0.29) is 12.5 Å². The minimum atomic E-state index is -0.576. The molecule has 0 atom stereocenters.